The van der Waals surface area contributed by atoms with E-state index in [0.717, 1.165) is 28.1 Å². The molecule has 0 spiro atoms. The Bertz CT molecular complexity index is 2790. The highest BCUT2D eigenvalue weighted by Gasteiger charge is 2.35. The summed E-state index contributed by atoms with van der Waals surface area (Å²) in [6.45, 7) is 4.68. The molecule has 262 valence electrons. The minimum absolute atomic E-state index is 0.0218. The van der Waals surface area contributed by atoms with Crippen LogP contribution in [-0.4, -0.2) is 11.7 Å². The molecule has 1 N–H and O–H groups in total. The number of fused-ring (bicyclic) bond motifs is 4. The maximum absolute atomic E-state index is 5.13. The molecular formula is C52H39N3. The van der Waals surface area contributed by atoms with E-state index in [1.807, 2.05) is 24.3 Å². The second-order valence-corrected chi connectivity index (χ2v) is 15.0. The predicted molar refractivity (Wildman–Crippen MR) is 230 cm³/mol. The van der Waals surface area contributed by atoms with Crippen LogP contribution in [0.1, 0.15) is 47.8 Å². The van der Waals surface area contributed by atoms with Gasteiger partial charge in [-0.05, 0) is 84.1 Å². The Morgan fingerprint density at radius 2 is 0.982 bits per heavy atom. The van der Waals surface area contributed by atoms with Crippen LogP contribution >= 0.6 is 0 Å². The van der Waals surface area contributed by atoms with Gasteiger partial charge in [-0.2, -0.15) is 0 Å². The first-order valence-electron chi connectivity index (χ1n) is 19.0. The molecule has 55 heavy (non-hydrogen) atoms. The minimum Gasteiger partial charge on any atom is -0.344 e. The van der Waals surface area contributed by atoms with Gasteiger partial charge in [0.05, 0.1) is 0 Å². The maximum atomic E-state index is 5.13. The van der Waals surface area contributed by atoms with Crippen LogP contribution in [0.25, 0.3) is 55.3 Å². The van der Waals surface area contributed by atoms with Crippen molar-refractivity contribution in [2.45, 2.75) is 25.4 Å². The second kappa shape index (κ2) is 13.2. The molecular weight excluding hydrogens is 667 g/mol. The average molecular weight is 706 g/mol. The minimum atomic E-state index is -0.245. The van der Waals surface area contributed by atoms with Crippen molar-refractivity contribution in [1.82, 2.24) is 5.32 Å². The largest absolute Gasteiger partial charge is 0.344 e. The molecule has 3 nitrogen and oxygen atoms in total. The van der Waals surface area contributed by atoms with Gasteiger partial charge >= 0.3 is 0 Å². The topological polar surface area (TPSA) is 36.8 Å². The van der Waals surface area contributed by atoms with E-state index in [-0.39, 0.29) is 11.6 Å². The highest BCUT2D eigenvalue weighted by Crippen LogP contribution is 2.49. The number of nitrogens with zero attached hydrogens (tertiary/aromatic N) is 2. The Kier molecular flexibility index (Phi) is 7.88. The quantitative estimate of drug-likeness (QED) is 0.184. The van der Waals surface area contributed by atoms with E-state index in [9.17, 15) is 0 Å². The summed E-state index contributed by atoms with van der Waals surface area (Å²) in [5.74, 6) is 1.53. The smallest absolute Gasteiger partial charge is 0.159 e. The van der Waals surface area contributed by atoms with E-state index in [2.05, 4.69) is 183 Å². The monoisotopic (exact) mass is 705 g/mol. The molecule has 0 aromatic heterocycles. The van der Waals surface area contributed by atoms with Crippen molar-refractivity contribution in [3.05, 3.63) is 216 Å². The van der Waals surface area contributed by atoms with E-state index in [4.69, 9.17) is 9.98 Å². The third-order valence-electron chi connectivity index (χ3n) is 11.4. The van der Waals surface area contributed by atoms with Crippen LogP contribution < -0.4 is 5.32 Å². The number of rotatable bonds is 6. The molecule has 0 bridgehead atoms. The summed E-state index contributed by atoms with van der Waals surface area (Å²) in [6.07, 6.45) is -0.245. The van der Waals surface area contributed by atoms with Crippen molar-refractivity contribution in [3.63, 3.8) is 0 Å². The zero-order chi connectivity index (χ0) is 36.9. The van der Waals surface area contributed by atoms with Gasteiger partial charge in [-0.15, -0.1) is 0 Å². The van der Waals surface area contributed by atoms with Gasteiger partial charge in [-0.25, -0.2) is 9.98 Å². The second-order valence-electron chi connectivity index (χ2n) is 15.0. The highest BCUT2D eigenvalue weighted by molar-refractivity contribution is 6.13. The molecule has 0 amide bonds. The zero-order valence-corrected chi connectivity index (χ0v) is 30.9. The SMILES string of the molecule is CC1(C)c2ccccc2-c2ccc(-c3ccc(-c4cccc5c(-c6cccc(C7=NC(c8ccccc8)NC(c8ccccc8)=N7)c6)cccc45)cc3)cc21. The molecule has 1 aliphatic heterocycles. The normalized spacial score (nSPS) is 15.4. The summed E-state index contributed by atoms with van der Waals surface area (Å²) >= 11 is 0. The summed E-state index contributed by atoms with van der Waals surface area (Å²) < 4.78 is 0. The van der Waals surface area contributed by atoms with Crippen LogP contribution in [0.2, 0.25) is 0 Å². The molecule has 3 heteroatoms. The standard InChI is InChI=1S/C52H39N3/c1-52(2)47-25-10-9-20-45(47)46-31-30-38(33-48(46)52)34-26-28-35(29-27-34)41-21-12-24-44-42(22-13-23-43(41)44)39-18-11-19-40(32-39)51-54-49(36-14-5-3-6-15-36)53-50(55-51)37-16-7-4-8-17-37/h3-33,49H,1-2H3,(H,53,54,55). The van der Waals surface area contributed by atoms with Crippen LogP contribution in [0, 0.1) is 0 Å². The van der Waals surface area contributed by atoms with Gasteiger partial charge in [0.2, 0.25) is 0 Å². The molecule has 0 fully saturated rings. The summed E-state index contributed by atoms with van der Waals surface area (Å²) in [6, 6.07) is 67.4. The number of hydrogen-bond acceptors (Lipinski definition) is 3. The van der Waals surface area contributed by atoms with Crippen molar-refractivity contribution in [1.29, 1.82) is 0 Å². The van der Waals surface area contributed by atoms with Crippen LogP contribution in [0.3, 0.4) is 0 Å². The van der Waals surface area contributed by atoms with E-state index in [1.54, 1.807) is 0 Å². The van der Waals surface area contributed by atoms with Gasteiger partial charge in [-0.3, -0.25) is 0 Å². The molecule has 1 aliphatic carbocycles. The first kappa shape index (κ1) is 32.8. The predicted octanol–water partition coefficient (Wildman–Crippen LogP) is 12.6. The van der Waals surface area contributed by atoms with E-state index < -0.39 is 0 Å². The van der Waals surface area contributed by atoms with Gasteiger partial charge in [0.1, 0.15) is 12.0 Å². The fourth-order valence-electron chi connectivity index (χ4n) is 8.49. The molecule has 2 aliphatic rings. The Hall–Kier alpha value is -6.84. The van der Waals surface area contributed by atoms with Gasteiger partial charge < -0.3 is 5.32 Å². The molecule has 1 heterocycles. The summed E-state index contributed by atoms with van der Waals surface area (Å²) in [5, 5.41) is 6.01. The highest BCUT2D eigenvalue weighted by atomic mass is 15.2. The van der Waals surface area contributed by atoms with Gasteiger partial charge in [0.25, 0.3) is 0 Å². The number of benzene rings is 8. The molecule has 0 saturated heterocycles. The number of hydrogen-bond donors (Lipinski definition) is 1. The lowest BCUT2D eigenvalue weighted by molar-refractivity contribution is 0.660. The number of nitrogens with one attached hydrogen (secondary N) is 1. The van der Waals surface area contributed by atoms with Crippen molar-refractivity contribution < 1.29 is 0 Å². The Morgan fingerprint density at radius 3 is 1.75 bits per heavy atom. The van der Waals surface area contributed by atoms with Gasteiger partial charge in [0, 0.05) is 16.5 Å². The lowest BCUT2D eigenvalue weighted by Gasteiger charge is -2.23. The summed E-state index contributed by atoms with van der Waals surface area (Å²) in [7, 11) is 0. The van der Waals surface area contributed by atoms with Crippen molar-refractivity contribution in [2.24, 2.45) is 9.98 Å². The Morgan fingerprint density at radius 1 is 0.418 bits per heavy atom. The van der Waals surface area contributed by atoms with E-state index in [0.29, 0.717) is 5.84 Å². The van der Waals surface area contributed by atoms with Crippen molar-refractivity contribution >= 4 is 22.4 Å². The van der Waals surface area contributed by atoms with Gasteiger partial charge in [0.15, 0.2) is 5.84 Å². The molecule has 0 radical (unpaired) electrons. The Balaban J connectivity index is 0.990. The molecule has 1 unspecified atom stereocenters. The fourth-order valence-corrected chi connectivity index (χ4v) is 8.49. The van der Waals surface area contributed by atoms with E-state index in [1.165, 1.54) is 60.8 Å². The van der Waals surface area contributed by atoms with Crippen LogP contribution in [0.5, 0.6) is 0 Å². The lowest BCUT2D eigenvalue weighted by atomic mass is 9.81. The van der Waals surface area contributed by atoms with Crippen molar-refractivity contribution in [2.75, 3.05) is 0 Å². The molecule has 8 aromatic rings. The molecule has 0 saturated carbocycles. The molecule has 1 atom stereocenters. The molecule has 8 aromatic carbocycles. The van der Waals surface area contributed by atoms with Crippen molar-refractivity contribution in [3.8, 4) is 44.5 Å². The Labute approximate surface area is 322 Å². The fraction of sp³-hybridized carbons (Fsp3) is 0.0769. The first-order chi connectivity index (χ1) is 27.0. The summed E-state index contributed by atoms with van der Waals surface area (Å²) in [4.78, 5) is 10.2. The number of amidine groups is 2. The maximum Gasteiger partial charge on any atom is 0.159 e. The lowest BCUT2D eigenvalue weighted by Crippen LogP contribution is -2.33. The summed E-state index contributed by atoms with van der Waals surface area (Å²) in [5.41, 5.74) is 15.8. The number of aliphatic imine (C=N–C) groups is 2. The third-order valence-corrected chi connectivity index (χ3v) is 11.4. The van der Waals surface area contributed by atoms with E-state index >= 15 is 0 Å². The first-order valence-corrected chi connectivity index (χ1v) is 19.0. The van der Waals surface area contributed by atoms with Gasteiger partial charge in [-0.1, -0.05) is 190 Å². The third kappa shape index (κ3) is 5.77. The van der Waals surface area contributed by atoms with Crippen LogP contribution in [-0.2, 0) is 5.41 Å². The average Bonchev–Trinajstić information content (AvgIpc) is 3.49. The van der Waals surface area contributed by atoms with Crippen LogP contribution in [0.4, 0.5) is 0 Å². The molecule has 10 rings (SSSR count). The zero-order valence-electron chi connectivity index (χ0n) is 30.9. The van der Waals surface area contributed by atoms with Crippen LogP contribution in [0.15, 0.2) is 198 Å².